The van der Waals surface area contributed by atoms with Crippen molar-refractivity contribution in [2.75, 3.05) is 26.2 Å². The Hall–Kier alpha value is -1.80. The Morgan fingerprint density at radius 2 is 1.34 bits per heavy atom. The number of unbranched alkanes of at least 4 members (excludes halogenated alkanes) is 4. The molecule has 0 unspecified atom stereocenters. The van der Waals surface area contributed by atoms with Gasteiger partial charge in [0.15, 0.2) is 0 Å². The van der Waals surface area contributed by atoms with Crippen molar-refractivity contribution in [3.05, 3.63) is 65.7 Å². The molecular weight excluding hydrogens is 354 g/mol. The van der Waals surface area contributed by atoms with Gasteiger partial charge >= 0.3 is 0 Å². The SMILES string of the molecule is CC(C)(c1ccccc1)c1ccc(OCCCCCCCN2CCCCC2)cc1. The third-order valence-corrected chi connectivity index (χ3v) is 6.41. The molecule has 0 bridgehead atoms. The third kappa shape index (κ3) is 6.89. The third-order valence-electron chi connectivity index (χ3n) is 6.41. The molecule has 0 amide bonds. The van der Waals surface area contributed by atoms with E-state index >= 15 is 0 Å². The Morgan fingerprint density at radius 3 is 2.07 bits per heavy atom. The number of piperidine rings is 1. The van der Waals surface area contributed by atoms with Gasteiger partial charge in [0.05, 0.1) is 6.61 Å². The van der Waals surface area contributed by atoms with E-state index in [1.54, 1.807) is 0 Å². The van der Waals surface area contributed by atoms with E-state index < -0.39 is 0 Å². The maximum Gasteiger partial charge on any atom is 0.119 e. The first-order valence-corrected chi connectivity index (χ1v) is 11.7. The average molecular weight is 394 g/mol. The van der Waals surface area contributed by atoms with Crippen molar-refractivity contribution in [3.8, 4) is 5.75 Å². The summed E-state index contributed by atoms with van der Waals surface area (Å²) >= 11 is 0. The van der Waals surface area contributed by atoms with Crippen molar-refractivity contribution < 1.29 is 4.74 Å². The number of likely N-dealkylation sites (tertiary alicyclic amines) is 1. The summed E-state index contributed by atoms with van der Waals surface area (Å²) in [5, 5.41) is 0. The molecule has 29 heavy (non-hydrogen) atoms. The zero-order valence-corrected chi connectivity index (χ0v) is 18.5. The number of hydrogen-bond donors (Lipinski definition) is 0. The Labute approximate surface area is 178 Å². The molecule has 3 rings (SSSR count). The molecule has 0 spiro atoms. The minimum absolute atomic E-state index is 0.00792. The molecule has 0 aromatic heterocycles. The first-order valence-electron chi connectivity index (χ1n) is 11.7. The van der Waals surface area contributed by atoms with Crippen molar-refractivity contribution in [1.29, 1.82) is 0 Å². The number of benzene rings is 2. The minimum Gasteiger partial charge on any atom is -0.494 e. The van der Waals surface area contributed by atoms with Crippen LogP contribution in [-0.4, -0.2) is 31.1 Å². The van der Waals surface area contributed by atoms with Crippen LogP contribution >= 0.6 is 0 Å². The van der Waals surface area contributed by atoms with Crippen LogP contribution in [0.4, 0.5) is 0 Å². The van der Waals surface area contributed by atoms with E-state index in [9.17, 15) is 0 Å². The maximum absolute atomic E-state index is 5.97. The second kappa shape index (κ2) is 11.4. The highest BCUT2D eigenvalue weighted by Gasteiger charge is 2.22. The van der Waals surface area contributed by atoms with E-state index in [1.807, 2.05) is 0 Å². The Bertz CT molecular complexity index is 686. The molecule has 0 radical (unpaired) electrons. The quantitative estimate of drug-likeness (QED) is 0.388. The lowest BCUT2D eigenvalue weighted by Crippen LogP contribution is -2.30. The van der Waals surface area contributed by atoms with Crippen LogP contribution in [0, 0.1) is 0 Å². The summed E-state index contributed by atoms with van der Waals surface area (Å²) in [6.45, 7) is 9.35. The average Bonchev–Trinajstić information content (AvgIpc) is 2.77. The van der Waals surface area contributed by atoms with Crippen molar-refractivity contribution in [2.24, 2.45) is 0 Å². The molecule has 2 heteroatoms. The predicted octanol–water partition coefficient (Wildman–Crippen LogP) is 6.83. The maximum atomic E-state index is 5.97. The molecule has 0 N–H and O–H groups in total. The van der Waals surface area contributed by atoms with E-state index in [2.05, 4.69) is 73.3 Å². The molecule has 2 aromatic carbocycles. The number of rotatable bonds is 11. The molecule has 1 heterocycles. The van der Waals surface area contributed by atoms with Gasteiger partial charge in [0.2, 0.25) is 0 Å². The smallest absolute Gasteiger partial charge is 0.119 e. The second-order valence-electron chi connectivity index (χ2n) is 9.03. The highest BCUT2D eigenvalue weighted by Crippen LogP contribution is 2.32. The van der Waals surface area contributed by atoms with Gasteiger partial charge < -0.3 is 9.64 Å². The Balaban J connectivity index is 1.30. The van der Waals surface area contributed by atoms with Crippen LogP contribution in [0.2, 0.25) is 0 Å². The first kappa shape index (κ1) is 21.9. The standard InChI is InChI=1S/C27H39NO/c1-27(2,24-14-8-6-9-15-24)25-16-18-26(19-17-25)29-23-13-5-3-4-10-20-28-21-11-7-12-22-28/h6,8-9,14-19H,3-5,7,10-13,20-23H2,1-2H3. The van der Waals surface area contributed by atoms with E-state index in [-0.39, 0.29) is 5.41 Å². The van der Waals surface area contributed by atoms with Crippen molar-refractivity contribution in [1.82, 2.24) is 4.90 Å². The summed E-state index contributed by atoms with van der Waals surface area (Å²) in [4.78, 5) is 2.65. The van der Waals surface area contributed by atoms with Crippen LogP contribution in [0.1, 0.15) is 76.3 Å². The van der Waals surface area contributed by atoms with Crippen LogP contribution in [0.15, 0.2) is 54.6 Å². The van der Waals surface area contributed by atoms with Gasteiger partial charge in [-0.3, -0.25) is 0 Å². The van der Waals surface area contributed by atoms with Gasteiger partial charge in [-0.25, -0.2) is 0 Å². The van der Waals surface area contributed by atoms with Gasteiger partial charge in [0.1, 0.15) is 5.75 Å². The Morgan fingerprint density at radius 1 is 0.724 bits per heavy atom. The monoisotopic (exact) mass is 393 g/mol. The van der Waals surface area contributed by atoms with E-state index in [0.29, 0.717) is 0 Å². The lowest BCUT2D eigenvalue weighted by molar-refractivity contribution is 0.223. The summed E-state index contributed by atoms with van der Waals surface area (Å²) in [6, 6.07) is 19.4. The number of nitrogens with zero attached hydrogens (tertiary/aromatic N) is 1. The summed E-state index contributed by atoms with van der Waals surface area (Å²) in [7, 11) is 0. The van der Waals surface area contributed by atoms with Crippen molar-refractivity contribution >= 4 is 0 Å². The molecule has 158 valence electrons. The first-order chi connectivity index (χ1) is 14.2. The topological polar surface area (TPSA) is 12.5 Å². The highest BCUT2D eigenvalue weighted by atomic mass is 16.5. The van der Waals surface area contributed by atoms with Gasteiger partial charge in [0.25, 0.3) is 0 Å². The van der Waals surface area contributed by atoms with Gasteiger partial charge in [-0.2, -0.15) is 0 Å². The predicted molar refractivity (Wildman–Crippen MR) is 124 cm³/mol. The van der Waals surface area contributed by atoms with Gasteiger partial charge in [-0.1, -0.05) is 82.0 Å². The van der Waals surface area contributed by atoms with Crippen LogP contribution in [0.3, 0.4) is 0 Å². The van der Waals surface area contributed by atoms with Crippen LogP contribution in [0.25, 0.3) is 0 Å². The lowest BCUT2D eigenvalue weighted by Gasteiger charge is -2.26. The molecule has 1 aliphatic rings. The molecular formula is C27H39NO. The van der Waals surface area contributed by atoms with Crippen molar-refractivity contribution in [2.45, 2.75) is 70.6 Å². The van der Waals surface area contributed by atoms with E-state index in [4.69, 9.17) is 4.74 Å². The largest absolute Gasteiger partial charge is 0.494 e. The summed E-state index contributed by atoms with van der Waals surface area (Å²) in [6.07, 6.45) is 10.7. The fourth-order valence-electron chi connectivity index (χ4n) is 4.33. The highest BCUT2D eigenvalue weighted by molar-refractivity contribution is 5.39. The summed E-state index contributed by atoms with van der Waals surface area (Å²) in [5.41, 5.74) is 2.67. The van der Waals surface area contributed by atoms with Gasteiger partial charge in [-0.05, 0) is 68.6 Å². The van der Waals surface area contributed by atoms with Crippen LogP contribution in [0.5, 0.6) is 5.75 Å². The molecule has 2 nitrogen and oxygen atoms in total. The fourth-order valence-corrected chi connectivity index (χ4v) is 4.33. The minimum atomic E-state index is 0.00792. The molecule has 0 atom stereocenters. The zero-order chi connectivity index (χ0) is 20.4. The molecule has 1 aliphatic heterocycles. The lowest BCUT2D eigenvalue weighted by atomic mass is 9.78. The molecule has 1 saturated heterocycles. The summed E-state index contributed by atoms with van der Waals surface area (Å²) < 4.78 is 5.97. The molecule has 2 aromatic rings. The van der Waals surface area contributed by atoms with Crippen LogP contribution < -0.4 is 4.74 Å². The van der Waals surface area contributed by atoms with Crippen LogP contribution in [-0.2, 0) is 5.41 Å². The Kier molecular flexibility index (Phi) is 8.61. The van der Waals surface area contributed by atoms with Gasteiger partial charge in [-0.15, -0.1) is 0 Å². The number of ether oxygens (including phenoxy) is 1. The van der Waals surface area contributed by atoms with E-state index in [0.717, 1.165) is 18.8 Å². The number of hydrogen-bond acceptors (Lipinski definition) is 2. The van der Waals surface area contributed by atoms with Crippen molar-refractivity contribution in [3.63, 3.8) is 0 Å². The normalized spacial score (nSPS) is 15.4. The second-order valence-corrected chi connectivity index (χ2v) is 9.03. The van der Waals surface area contributed by atoms with Gasteiger partial charge in [0, 0.05) is 5.41 Å². The molecule has 1 fully saturated rings. The fraction of sp³-hybridized carbons (Fsp3) is 0.556. The zero-order valence-electron chi connectivity index (χ0n) is 18.5. The molecule has 0 aliphatic carbocycles. The molecule has 0 saturated carbocycles. The van der Waals surface area contributed by atoms with E-state index in [1.165, 1.54) is 75.7 Å². The summed E-state index contributed by atoms with van der Waals surface area (Å²) in [5.74, 6) is 0.989.